The van der Waals surface area contributed by atoms with Crippen molar-refractivity contribution < 1.29 is 4.74 Å². The van der Waals surface area contributed by atoms with E-state index in [0.717, 1.165) is 28.6 Å². The topological polar surface area (TPSA) is 21.3 Å². The van der Waals surface area contributed by atoms with Gasteiger partial charge in [-0.05, 0) is 24.1 Å². The summed E-state index contributed by atoms with van der Waals surface area (Å²) in [6, 6.07) is 14.1. The van der Waals surface area contributed by atoms with Crippen molar-refractivity contribution in [3.05, 3.63) is 58.6 Å². The Bertz CT molecular complexity index is 526. The summed E-state index contributed by atoms with van der Waals surface area (Å²) in [6.07, 6.45) is 0. The van der Waals surface area contributed by atoms with Crippen molar-refractivity contribution in [2.75, 3.05) is 12.4 Å². The third-order valence-corrected chi connectivity index (χ3v) is 3.21. The Morgan fingerprint density at radius 2 is 1.89 bits per heavy atom. The molecule has 3 heteroatoms. The van der Waals surface area contributed by atoms with Crippen molar-refractivity contribution in [3.8, 4) is 5.75 Å². The number of aryl methyl sites for hydroxylation is 1. The minimum atomic E-state index is 0.720. The Hall–Kier alpha value is -1.67. The second kappa shape index (κ2) is 5.78. The van der Waals surface area contributed by atoms with Gasteiger partial charge in [-0.1, -0.05) is 41.9 Å². The minimum Gasteiger partial charge on any atom is -0.495 e. The normalized spacial score (nSPS) is 10.2. The maximum absolute atomic E-state index is 6.07. The van der Waals surface area contributed by atoms with E-state index in [2.05, 4.69) is 17.4 Å². The summed E-state index contributed by atoms with van der Waals surface area (Å²) in [5.41, 5.74) is 3.23. The molecule has 18 heavy (non-hydrogen) atoms. The molecule has 0 aliphatic heterocycles. The lowest BCUT2D eigenvalue weighted by Crippen LogP contribution is -2.01. The van der Waals surface area contributed by atoms with Gasteiger partial charge in [0.05, 0.1) is 12.8 Å². The number of hydrogen-bond acceptors (Lipinski definition) is 2. The molecule has 0 aromatic heterocycles. The molecule has 0 spiro atoms. The van der Waals surface area contributed by atoms with Crippen LogP contribution in [-0.2, 0) is 6.54 Å². The maximum atomic E-state index is 6.07. The summed E-state index contributed by atoms with van der Waals surface area (Å²) < 4.78 is 5.32. The van der Waals surface area contributed by atoms with Crippen LogP contribution in [0.5, 0.6) is 5.75 Å². The van der Waals surface area contributed by atoms with Crippen molar-refractivity contribution in [1.29, 1.82) is 0 Å². The molecule has 0 radical (unpaired) electrons. The number of anilines is 1. The summed E-state index contributed by atoms with van der Waals surface area (Å²) >= 11 is 6.07. The Morgan fingerprint density at radius 1 is 1.17 bits per heavy atom. The second-order valence-electron chi connectivity index (χ2n) is 4.14. The first-order valence-electron chi connectivity index (χ1n) is 5.82. The number of hydrogen-bond donors (Lipinski definition) is 1. The molecule has 0 amide bonds. The molecule has 1 N–H and O–H groups in total. The van der Waals surface area contributed by atoms with E-state index in [4.69, 9.17) is 16.3 Å². The molecule has 2 nitrogen and oxygen atoms in total. The van der Waals surface area contributed by atoms with Crippen LogP contribution in [0.2, 0.25) is 5.02 Å². The Kier molecular flexibility index (Phi) is 4.11. The van der Waals surface area contributed by atoms with Crippen molar-refractivity contribution in [3.63, 3.8) is 0 Å². The summed E-state index contributed by atoms with van der Waals surface area (Å²) in [6.45, 7) is 2.74. The Morgan fingerprint density at radius 3 is 2.56 bits per heavy atom. The Balaban J connectivity index is 2.16. The third-order valence-electron chi connectivity index (χ3n) is 2.81. The highest BCUT2D eigenvalue weighted by molar-refractivity contribution is 6.31. The number of benzene rings is 2. The molecule has 0 unspecified atom stereocenters. The van der Waals surface area contributed by atoms with Gasteiger partial charge in [-0.2, -0.15) is 0 Å². The third kappa shape index (κ3) is 2.96. The predicted molar refractivity (Wildman–Crippen MR) is 76.5 cm³/mol. The van der Waals surface area contributed by atoms with E-state index >= 15 is 0 Å². The predicted octanol–water partition coefficient (Wildman–Crippen LogP) is 4.27. The summed E-state index contributed by atoms with van der Waals surface area (Å²) in [4.78, 5) is 0. The van der Waals surface area contributed by atoms with Crippen molar-refractivity contribution >= 4 is 17.3 Å². The van der Waals surface area contributed by atoms with Gasteiger partial charge in [0.2, 0.25) is 0 Å². The molecule has 2 aromatic rings. The highest BCUT2D eigenvalue weighted by Crippen LogP contribution is 2.31. The lowest BCUT2D eigenvalue weighted by atomic mass is 10.2. The molecular formula is C15H16ClNO. The molecule has 94 valence electrons. The molecule has 2 rings (SSSR count). The van der Waals surface area contributed by atoms with Crippen LogP contribution in [0.25, 0.3) is 0 Å². The molecule has 0 heterocycles. The van der Waals surface area contributed by atoms with Crippen LogP contribution in [0.4, 0.5) is 5.69 Å². The standard InChI is InChI=1S/C15H16ClNO/c1-11-8-14(15(18-2)9-13(11)16)17-10-12-6-4-3-5-7-12/h3-9,17H,10H2,1-2H3. The van der Waals surface area contributed by atoms with E-state index in [0.29, 0.717) is 0 Å². The average molecular weight is 262 g/mol. The summed E-state index contributed by atoms with van der Waals surface area (Å²) in [5, 5.41) is 4.08. The van der Waals surface area contributed by atoms with Gasteiger partial charge in [0.1, 0.15) is 5.75 Å². The van der Waals surface area contributed by atoms with Crippen LogP contribution in [0.15, 0.2) is 42.5 Å². The van der Waals surface area contributed by atoms with E-state index < -0.39 is 0 Å². The number of methoxy groups -OCH3 is 1. The zero-order chi connectivity index (χ0) is 13.0. The molecule has 0 saturated carbocycles. The maximum Gasteiger partial charge on any atom is 0.143 e. The van der Waals surface area contributed by atoms with Gasteiger partial charge in [-0.15, -0.1) is 0 Å². The minimum absolute atomic E-state index is 0.720. The SMILES string of the molecule is COc1cc(Cl)c(C)cc1NCc1ccccc1. The fourth-order valence-corrected chi connectivity index (χ4v) is 1.92. The van der Waals surface area contributed by atoms with Gasteiger partial charge in [0.25, 0.3) is 0 Å². The van der Waals surface area contributed by atoms with Gasteiger partial charge < -0.3 is 10.1 Å². The van der Waals surface area contributed by atoms with Gasteiger partial charge >= 0.3 is 0 Å². The van der Waals surface area contributed by atoms with Crippen LogP contribution in [0, 0.1) is 6.92 Å². The highest BCUT2D eigenvalue weighted by atomic mass is 35.5. The van der Waals surface area contributed by atoms with E-state index in [-0.39, 0.29) is 0 Å². The molecule has 2 aromatic carbocycles. The molecule has 0 fully saturated rings. The zero-order valence-corrected chi connectivity index (χ0v) is 11.3. The van der Waals surface area contributed by atoms with Crippen molar-refractivity contribution in [2.24, 2.45) is 0 Å². The first-order chi connectivity index (χ1) is 8.70. The van der Waals surface area contributed by atoms with Crippen molar-refractivity contribution in [1.82, 2.24) is 0 Å². The smallest absolute Gasteiger partial charge is 0.143 e. The molecule has 0 aliphatic rings. The van der Waals surface area contributed by atoms with Crippen LogP contribution in [0.1, 0.15) is 11.1 Å². The van der Waals surface area contributed by atoms with Gasteiger partial charge in [0, 0.05) is 17.6 Å². The van der Waals surface area contributed by atoms with Gasteiger partial charge in [0.15, 0.2) is 0 Å². The molecule has 0 saturated heterocycles. The summed E-state index contributed by atoms with van der Waals surface area (Å²) in [5.74, 6) is 0.765. The quantitative estimate of drug-likeness (QED) is 0.888. The first-order valence-corrected chi connectivity index (χ1v) is 6.20. The fraction of sp³-hybridized carbons (Fsp3) is 0.200. The lowest BCUT2D eigenvalue weighted by molar-refractivity contribution is 0.416. The molecule has 0 aliphatic carbocycles. The van der Waals surface area contributed by atoms with Crippen molar-refractivity contribution in [2.45, 2.75) is 13.5 Å². The monoisotopic (exact) mass is 261 g/mol. The number of ether oxygens (including phenoxy) is 1. The van der Waals surface area contributed by atoms with Gasteiger partial charge in [-0.25, -0.2) is 0 Å². The summed E-state index contributed by atoms with van der Waals surface area (Å²) in [7, 11) is 1.65. The largest absolute Gasteiger partial charge is 0.495 e. The number of rotatable bonds is 4. The van der Waals surface area contributed by atoms with E-state index in [1.807, 2.05) is 37.3 Å². The zero-order valence-electron chi connectivity index (χ0n) is 10.5. The van der Waals surface area contributed by atoms with Crippen LogP contribution in [-0.4, -0.2) is 7.11 Å². The van der Waals surface area contributed by atoms with E-state index in [1.54, 1.807) is 7.11 Å². The van der Waals surface area contributed by atoms with E-state index in [9.17, 15) is 0 Å². The van der Waals surface area contributed by atoms with Crippen LogP contribution in [0.3, 0.4) is 0 Å². The average Bonchev–Trinajstić information content (AvgIpc) is 2.41. The molecule has 0 bridgehead atoms. The fourth-order valence-electron chi connectivity index (χ4n) is 1.76. The van der Waals surface area contributed by atoms with Crippen LogP contribution < -0.4 is 10.1 Å². The molecule has 0 atom stereocenters. The Labute approximate surface area is 113 Å². The molecular weight excluding hydrogens is 246 g/mol. The second-order valence-corrected chi connectivity index (χ2v) is 4.55. The van der Waals surface area contributed by atoms with Gasteiger partial charge in [-0.3, -0.25) is 0 Å². The highest BCUT2D eigenvalue weighted by Gasteiger charge is 2.06. The number of halogens is 1. The first kappa shape index (κ1) is 12.8. The van der Waals surface area contributed by atoms with Crippen LogP contribution >= 0.6 is 11.6 Å². The van der Waals surface area contributed by atoms with E-state index in [1.165, 1.54) is 5.56 Å². The lowest BCUT2D eigenvalue weighted by Gasteiger charge is -2.13. The number of nitrogens with one attached hydrogen (secondary N) is 1.